The molecular formula is C14H19ClN6O. The summed E-state index contributed by atoms with van der Waals surface area (Å²) in [7, 11) is 0. The van der Waals surface area contributed by atoms with Crippen molar-refractivity contribution in [2.45, 2.75) is 25.4 Å². The van der Waals surface area contributed by atoms with Crippen LogP contribution in [0.1, 0.15) is 12.8 Å². The zero-order chi connectivity index (χ0) is 14.7. The van der Waals surface area contributed by atoms with Crippen LogP contribution in [0.5, 0.6) is 0 Å². The van der Waals surface area contributed by atoms with Gasteiger partial charge in [0.25, 0.3) is 0 Å². The summed E-state index contributed by atoms with van der Waals surface area (Å²) in [6.45, 7) is 0.557. The van der Waals surface area contributed by atoms with Gasteiger partial charge >= 0.3 is 0 Å². The van der Waals surface area contributed by atoms with Crippen molar-refractivity contribution in [2.75, 3.05) is 6.54 Å². The fourth-order valence-electron chi connectivity index (χ4n) is 2.12. The Morgan fingerprint density at radius 3 is 2.77 bits per heavy atom. The summed E-state index contributed by atoms with van der Waals surface area (Å²) in [5.74, 6) is 0.931. The number of nitrogens with one attached hydrogen (secondary N) is 1. The number of tetrazole rings is 1. The summed E-state index contributed by atoms with van der Waals surface area (Å²) >= 11 is 0. The first-order valence-electron chi connectivity index (χ1n) is 7.08. The predicted molar refractivity (Wildman–Crippen MR) is 84.2 cm³/mol. The van der Waals surface area contributed by atoms with E-state index in [2.05, 4.69) is 20.7 Å². The molecule has 0 radical (unpaired) electrons. The third-order valence-corrected chi connectivity index (χ3v) is 3.53. The highest BCUT2D eigenvalue weighted by atomic mass is 35.5. The quantitative estimate of drug-likeness (QED) is 0.812. The number of nitrogens with two attached hydrogens (primary N) is 1. The van der Waals surface area contributed by atoms with Crippen LogP contribution in [0.2, 0.25) is 0 Å². The van der Waals surface area contributed by atoms with Gasteiger partial charge in [-0.1, -0.05) is 30.3 Å². The highest BCUT2D eigenvalue weighted by Gasteiger charge is 2.28. The number of hydrogen-bond donors (Lipinski definition) is 2. The molecule has 0 spiro atoms. The van der Waals surface area contributed by atoms with Crippen LogP contribution >= 0.6 is 12.4 Å². The average molecular weight is 323 g/mol. The van der Waals surface area contributed by atoms with Crippen LogP contribution < -0.4 is 11.1 Å². The molecule has 1 amide bonds. The Morgan fingerprint density at radius 1 is 1.36 bits per heavy atom. The molecule has 2 aromatic rings. The van der Waals surface area contributed by atoms with Crippen LogP contribution in [0.25, 0.3) is 11.4 Å². The smallest absolute Gasteiger partial charge is 0.243 e. The standard InChI is InChI=1S/C14H18N6O.ClH/c15-12(10-6-7-10)8-16-13(21)9-20-18-14(17-19-20)11-4-2-1-3-5-11;/h1-5,10,12H,6-9,15H2,(H,16,21);1H. The van der Waals surface area contributed by atoms with E-state index in [0.29, 0.717) is 18.3 Å². The number of rotatable bonds is 6. The highest BCUT2D eigenvalue weighted by Crippen LogP contribution is 2.31. The van der Waals surface area contributed by atoms with Crippen molar-refractivity contribution in [1.29, 1.82) is 0 Å². The van der Waals surface area contributed by atoms with E-state index in [1.807, 2.05) is 30.3 Å². The average Bonchev–Trinajstić information content (AvgIpc) is 3.26. The summed E-state index contributed by atoms with van der Waals surface area (Å²) in [6, 6.07) is 9.58. The summed E-state index contributed by atoms with van der Waals surface area (Å²) in [4.78, 5) is 13.1. The normalized spacial score (nSPS) is 15.0. The molecule has 1 aliphatic carbocycles. The van der Waals surface area contributed by atoms with Crippen molar-refractivity contribution >= 4 is 18.3 Å². The van der Waals surface area contributed by atoms with E-state index in [0.717, 1.165) is 5.56 Å². The maximum atomic E-state index is 11.8. The Balaban J connectivity index is 0.00000176. The van der Waals surface area contributed by atoms with E-state index in [4.69, 9.17) is 5.73 Å². The molecule has 0 aliphatic heterocycles. The van der Waals surface area contributed by atoms with Gasteiger partial charge in [-0.2, -0.15) is 4.80 Å². The fourth-order valence-corrected chi connectivity index (χ4v) is 2.12. The SMILES string of the molecule is Cl.NC(CNC(=O)Cn1nnc(-c2ccccc2)n1)C1CC1. The molecule has 7 nitrogen and oxygen atoms in total. The van der Waals surface area contributed by atoms with Crippen LogP contribution in [-0.4, -0.2) is 38.7 Å². The molecule has 8 heteroatoms. The second kappa shape index (κ2) is 7.33. The van der Waals surface area contributed by atoms with Crippen LogP contribution in [0, 0.1) is 5.92 Å². The number of benzene rings is 1. The van der Waals surface area contributed by atoms with E-state index in [1.54, 1.807) is 0 Å². The number of amides is 1. The first kappa shape index (κ1) is 16.4. The summed E-state index contributed by atoms with van der Waals surface area (Å²) < 4.78 is 0. The van der Waals surface area contributed by atoms with Crippen molar-refractivity contribution in [2.24, 2.45) is 11.7 Å². The largest absolute Gasteiger partial charge is 0.353 e. The maximum absolute atomic E-state index is 11.8. The van der Waals surface area contributed by atoms with E-state index in [1.165, 1.54) is 17.6 Å². The van der Waals surface area contributed by atoms with Gasteiger partial charge in [0.15, 0.2) is 0 Å². The van der Waals surface area contributed by atoms with E-state index in [9.17, 15) is 4.79 Å². The van der Waals surface area contributed by atoms with Gasteiger partial charge in [0.2, 0.25) is 11.7 Å². The first-order valence-corrected chi connectivity index (χ1v) is 7.08. The van der Waals surface area contributed by atoms with Gasteiger partial charge < -0.3 is 11.1 Å². The van der Waals surface area contributed by atoms with Crippen molar-refractivity contribution in [3.05, 3.63) is 30.3 Å². The topological polar surface area (TPSA) is 98.7 Å². The molecule has 0 saturated heterocycles. The number of carbonyl (C=O) groups excluding carboxylic acids is 1. The number of carbonyl (C=O) groups is 1. The number of nitrogens with zero attached hydrogens (tertiary/aromatic N) is 4. The van der Waals surface area contributed by atoms with Crippen molar-refractivity contribution in [3.8, 4) is 11.4 Å². The minimum Gasteiger partial charge on any atom is -0.353 e. The molecule has 1 saturated carbocycles. The Bertz CT molecular complexity index is 613. The van der Waals surface area contributed by atoms with Gasteiger partial charge in [0.1, 0.15) is 6.54 Å². The van der Waals surface area contributed by atoms with E-state index >= 15 is 0 Å². The van der Waals surface area contributed by atoms with Gasteiger partial charge in [-0.05, 0) is 24.0 Å². The second-order valence-electron chi connectivity index (χ2n) is 5.31. The Kier molecular flexibility index (Phi) is 5.46. The Labute approximate surface area is 134 Å². The summed E-state index contributed by atoms with van der Waals surface area (Å²) in [6.07, 6.45) is 2.34. The molecule has 1 fully saturated rings. The van der Waals surface area contributed by atoms with Crippen molar-refractivity contribution in [3.63, 3.8) is 0 Å². The van der Waals surface area contributed by atoms with Gasteiger partial charge in [-0.25, -0.2) is 0 Å². The minimum atomic E-state index is -0.150. The number of halogens is 1. The lowest BCUT2D eigenvalue weighted by Gasteiger charge is -2.10. The molecule has 1 aromatic carbocycles. The minimum absolute atomic E-state index is 0. The third kappa shape index (κ3) is 4.25. The van der Waals surface area contributed by atoms with Gasteiger partial charge in [-0.3, -0.25) is 4.79 Å². The van der Waals surface area contributed by atoms with Gasteiger partial charge in [0.05, 0.1) is 0 Å². The van der Waals surface area contributed by atoms with E-state index < -0.39 is 0 Å². The van der Waals surface area contributed by atoms with Gasteiger partial charge in [0, 0.05) is 18.2 Å². The molecule has 1 aromatic heterocycles. The Hall–Kier alpha value is -1.99. The Morgan fingerprint density at radius 2 is 2.09 bits per heavy atom. The molecule has 3 N–H and O–H groups in total. The maximum Gasteiger partial charge on any atom is 0.243 e. The molecule has 22 heavy (non-hydrogen) atoms. The predicted octanol–water partition coefficient (Wildman–Crippen LogP) is 0.615. The molecule has 1 aliphatic rings. The highest BCUT2D eigenvalue weighted by molar-refractivity contribution is 5.85. The first-order chi connectivity index (χ1) is 10.2. The second-order valence-corrected chi connectivity index (χ2v) is 5.31. The number of hydrogen-bond acceptors (Lipinski definition) is 5. The third-order valence-electron chi connectivity index (χ3n) is 3.53. The van der Waals surface area contributed by atoms with Gasteiger partial charge in [-0.15, -0.1) is 22.6 Å². The molecule has 3 rings (SSSR count). The van der Waals surface area contributed by atoms with Crippen molar-refractivity contribution < 1.29 is 4.79 Å². The van der Waals surface area contributed by atoms with Crippen LogP contribution in [0.3, 0.4) is 0 Å². The summed E-state index contributed by atoms with van der Waals surface area (Å²) in [5.41, 5.74) is 6.81. The molecule has 0 bridgehead atoms. The molecule has 118 valence electrons. The monoisotopic (exact) mass is 322 g/mol. The van der Waals surface area contributed by atoms with Crippen LogP contribution in [0.15, 0.2) is 30.3 Å². The lowest BCUT2D eigenvalue weighted by molar-refractivity contribution is -0.122. The molecule has 1 heterocycles. The molecule has 1 atom stereocenters. The zero-order valence-corrected chi connectivity index (χ0v) is 12.9. The lowest BCUT2D eigenvalue weighted by Crippen LogP contribution is -2.40. The molecular weight excluding hydrogens is 304 g/mol. The summed E-state index contributed by atoms with van der Waals surface area (Å²) in [5, 5.41) is 14.8. The fraction of sp³-hybridized carbons (Fsp3) is 0.429. The van der Waals surface area contributed by atoms with Crippen LogP contribution in [-0.2, 0) is 11.3 Å². The lowest BCUT2D eigenvalue weighted by atomic mass is 10.2. The zero-order valence-electron chi connectivity index (χ0n) is 12.1. The number of aromatic nitrogens is 4. The van der Waals surface area contributed by atoms with E-state index in [-0.39, 0.29) is 30.9 Å². The van der Waals surface area contributed by atoms with Crippen molar-refractivity contribution in [1.82, 2.24) is 25.5 Å². The van der Waals surface area contributed by atoms with Crippen LogP contribution in [0.4, 0.5) is 0 Å². The molecule has 1 unspecified atom stereocenters.